The molecule has 0 radical (unpaired) electrons. The molecule has 0 saturated carbocycles. The number of nitrogens with zero attached hydrogens (tertiary/aromatic N) is 3. The van der Waals surface area contributed by atoms with Crippen LogP contribution in [0, 0.1) is 31.6 Å². The molecular formula is C38H48BrN3O6. The number of aliphatic hydroxyl groups excluding tert-OH is 1. The van der Waals surface area contributed by atoms with E-state index in [2.05, 4.69) is 29.1 Å². The summed E-state index contributed by atoms with van der Waals surface area (Å²) in [7, 11) is 0. The number of amides is 3. The lowest BCUT2D eigenvalue weighted by atomic mass is 9.70. The van der Waals surface area contributed by atoms with Crippen molar-refractivity contribution in [1.82, 2.24) is 4.90 Å². The van der Waals surface area contributed by atoms with E-state index >= 15 is 4.79 Å². The van der Waals surface area contributed by atoms with Gasteiger partial charge in [-0.1, -0.05) is 60.5 Å². The number of alkyl halides is 1. The Kier molecular flexibility index (Phi) is 10.9. The topological polar surface area (TPSA) is 99.6 Å². The fourth-order valence-corrected chi connectivity index (χ4v) is 8.86. The van der Waals surface area contributed by atoms with Crippen molar-refractivity contribution in [1.29, 1.82) is 0 Å². The van der Waals surface area contributed by atoms with Crippen LogP contribution in [0.4, 0.5) is 11.4 Å². The monoisotopic (exact) mass is 721 g/mol. The van der Waals surface area contributed by atoms with Crippen molar-refractivity contribution in [2.45, 2.75) is 76.1 Å². The molecule has 2 aromatic rings. The van der Waals surface area contributed by atoms with Crippen LogP contribution in [-0.2, 0) is 19.1 Å². The van der Waals surface area contributed by atoms with E-state index in [1.165, 1.54) is 0 Å². The zero-order valence-electron chi connectivity index (χ0n) is 28.6. The maximum Gasteiger partial charge on any atom is 0.253 e. The van der Waals surface area contributed by atoms with Gasteiger partial charge in [0.25, 0.3) is 5.91 Å². The van der Waals surface area contributed by atoms with Gasteiger partial charge in [0.2, 0.25) is 11.8 Å². The van der Waals surface area contributed by atoms with Gasteiger partial charge in [0, 0.05) is 29.3 Å². The number of ether oxygens (including phenoxy) is 2. The second-order valence-electron chi connectivity index (χ2n) is 13.2. The molecule has 8 atom stereocenters. The van der Waals surface area contributed by atoms with Gasteiger partial charge in [-0.25, -0.2) is 0 Å². The standard InChI is InChI=1S/C38H48BrN3O6/c1-8-18-40(26-14-16-27(17-15-26)47-11-4)35(44)31-32-36(45)42(30(22-43)24(6)10-3)34(38(32)21-28(39)33(31)48-38)37(46)41(19-9-2)29-20-23(5)12-13-25(29)7/h8-9,12-17,20,24,28,30-34,43H,1-2,10-11,18-19,21-22H2,3-7H3/t24-,28?,30-,31-,32-,33-,34?,38?/m0/s1. The van der Waals surface area contributed by atoms with E-state index in [4.69, 9.17) is 9.47 Å². The van der Waals surface area contributed by atoms with Gasteiger partial charge in [-0.15, -0.1) is 13.2 Å². The molecule has 3 heterocycles. The third-order valence-electron chi connectivity index (χ3n) is 10.4. The molecule has 3 saturated heterocycles. The molecule has 2 aromatic carbocycles. The first-order valence-electron chi connectivity index (χ1n) is 16.9. The quantitative estimate of drug-likeness (QED) is 0.202. The van der Waals surface area contributed by atoms with Crippen molar-refractivity contribution in [3.05, 3.63) is 78.9 Å². The van der Waals surface area contributed by atoms with Gasteiger partial charge in [-0.2, -0.15) is 0 Å². The summed E-state index contributed by atoms with van der Waals surface area (Å²) in [5.41, 5.74) is 1.96. The zero-order chi connectivity index (χ0) is 34.9. The molecule has 3 aliphatic heterocycles. The van der Waals surface area contributed by atoms with E-state index in [0.29, 0.717) is 30.9 Å². The van der Waals surface area contributed by atoms with Crippen molar-refractivity contribution >= 4 is 45.0 Å². The van der Waals surface area contributed by atoms with E-state index in [1.54, 1.807) is 26.9 Å². The summed E-state index contributed by atoms with van der Waals surface area (Å²) in [5, 5.41) is 10.8. The number of halogens is 1. The Labute approximate surface area is 292 Å². The van der Waals surface area contributed by atoms with Gasteiger partial charge in [0.15, 0.2) is 0 Å². The van der Waals surface area contributed by atoms with Crippen LogP contribution in [-0.4, -0.2) is 82.6 Å². The normalized spacial score (nSPS) is 26.9. The number of aliphatic hydroxyl groups is 1. The van der Waals surface area contributed by atoms with Crippen molar-refractivity contribution in [2.24, 2.45) is 17.8 Å². The first kappa shape index (κ1) is 35.8. The van der Waals surface area contributed by atoms with Crippen LogP contribution in [0.15, 0.2) is 67.8 Å². The zero-order valence-corrected chi connectivity index (χ0v) is 30.2. The Bertz CT molecular complexity index is 1550. The number of rotatable bonds is 14. The molecule has 3 unspecified atom stereocenters. The SMILES string of the molecule is C=CCN(C(=O)[C@H]1[C@H]2C(=O)N([C@@H](CO)[C@@H](C)CC)C(C(=O)N(CC=C)c3cc(C)ccc3C)C23CC(Br)[C@@H]1O3)c1ccc(OCC)cc1. The van der Waals surface area contributed by atoms with Crippen LogP contribution in [0.5, 0.6) is 5.75 Å². The van der Waals surface area contributed by atoms with Crippen LogP contribution in [0.25, 0.3) is 0 Å². The molecule has 9 nitrogen and oxygen atoms in total. The lowest BCUT2D eigenvalue weighted by Gasteiger charge is -2.41. The lowest BCUT2D eigenvalue weighted by Crippen LogP contribution is -2.60. The summed E-state index contributed by atoms with van der Waals surface area (Å²) < 4.78 is 12.5. The predicted octanol–water partition coefficient (Wildman–Crippen LogP) is 5.60. The van der Waals surface area contributed by atoms with Crippen LogP contribution >= 0.6 is 15.9 Å². The molecule has 5 rings (SSSR count). The van der Waals surface area contributed by atoms with Gasteiger partial charge in [0.05, 0.1) is 37.2 Å². The third-order valence-corrected chi connectivity index (χ3v) is 11.2. The van der Waals surface area contributed by atoms with E-state index in [0.717, 1.165) is 16.8 Å². The molecule has 0 aromatic heterocycles. The number of carbonyl (C=O) groups excluding carboxylic acids is 3. The first-order valence-corrected chi connectivity index (χ1v) is 17.8. The van der Waals surface area contributed by atoms with Crippen molar-refractivity contribution in [3.8, 4) is 5.75 Å². The maximum absolute atomic E-state index is 15.1. The Balaban J connectivity index is 1.63. The highest BCUT2D eigenvalue weighted by atomic mass is 79.9. The van der Waals surface area contributed by atoms with Crippen molar-refractivity contribution in [2.75, 3.05) is 36.1 Å². The first-order chi connectivity index (χ1) is 23.0. The number of hydrogen-bond acceptors (Lipinski definition) is 6. The van der Waals surface area contributed by atoms with Gasteiger partial charge in [-0.3, -0.25) is 14.4 Å². The molecule has 3 aliphatic rings. The Morgan fingerprint density at radius 1 is 1.10 bits per heavy atom. The summed E-state index contributed by atoms with van der Waals surface area (Å²) in [5.74, 6) is -2.15. The number of carbonyl (C=O) groups is 3. The van der Waals surface area contributed by atoms with Crippen LogP contribution in [0.1, 0.15) is 44.7 Å². The molecule has 48 heavy (non-hydrogen) atoms. The second-order valence-corrected chi connectivity index (χ2v) is 14.4. The molecule has 10 heteroatoms. The number of fused-ring (bicyclic) bond motifs is 1. The molecule has 0 aliphatic carbocycles. The molecule has 1 N–H and O–H groups in total. The van der Waals surface area contributed by atoms with Crippen molar-refractivity contribution < 1.29 is 29.0 Å². The van der Waals surface area contributed by atoms with Gasteiger partial charge in [-0.05, 0) is 74.6 Å². The number of likely N-dealkylation sites (tertiary alicyclic amines) is 1. The van der Waals surface area contributed by atoms with Gasteiger partial charge >= 0.3 is 0 Å². The number of aryl methyl sites for hydroxylation is 2. The Morgan fingerprint density at radius 3 is 2.38 bits per heavy atom. The summed E-state index contributed by atoms with van der Waals surface area (Å²) in [6, 6.07) is 11.5. The predicted molar refractivity (Wildman–Crippen MR) is 192 cm³/mol. The third kappa shape index (κ3) is 6.00. The minimum atomic E-state index is -1.29. The molecule has 3 fully saturated rings. The van der Waals surface area contributed by atoms with Crippen molar-refractivity contribution in [3.63, 3.8) is 0 Å². The summed E-state index contributed by atoms with van der Waals surface area (Å²) >= 11 is 3.80. The van der Waals surface area contributed by atoms with Crippen LogP contribution in [0.3, 0.4) is 0 Å². The highest BCUT2D eigenvalue weighted by molar-refractivity contribution is 9.09. The fraction of sp³-hybridized carbons (Fsp3) is 0.500. The number of anilines is 2. The molecule has 3 amide bonds. The fourth-order valence-electron chi connectivity index (χ4n) is 7.92. The summed E-state index contributed by atoms with van der Waals surface area (Å²) in [6.07, 6.45) is 3.73. The minimum Gasteiger partial charge on any atom is -0.494 e. The van der Waals surface area contributed by atoms with Gasteiger partial charge < -0.3 is 29.3 Å². The highest BCUT2D eigenvalue weighted by Gasteiger charge is 2.77. The maximum atomic E-state index is 15.1. The molecule has 2 bridgehead atoms. The summed E-state index contributed by atoms with van der Waals surface area (Å²) in [6.45, 7) is 18.2. The van der Waals surface area contributed by atoms with E-state index in [9.17, 15) is 14.7 Å². The lowest BCUT2D eigenvalue weighted by molar-refractivity contribution is -0.145. The molecule has 1 spiro atoms. The van der Waals surface area contributed by atoms with Crippen LogP contribution in [0.2, 0.25) is 0 Å². The largest absolute Gasteiger partial charge is 0.494 e. The average molecular weight is 723 g/mol. The molecular weight excluding hydrogens is 674 g/mol. The number of benzene rings is 2. The van der Waals surface area contributed by atoms with Crippen LogP contribution < -0.4 is 14.5 Å². The highest BCUT2D eigenvalue weighted by Crippen LogP contribution is 2.61. The van der Waals surface area contributed by atoms with E-state index in [1.807, 2.05) is 77.1 Å². The van der Waals surface area contributed by atoms with Gasteiger partial charge in [0.1, 0.15) is 17.4 Å². The Hall–Kier alpha value is -3.47. The number of hydrogen-bond donors (Lipinski definition) is 1. The van der Waals surface area contributed by atoms with E-state index < -0.39 is 35.6 Å². The second kappa shape index (κ2) is 14.6. The van der Waals surface area contributed by atoms with E-state index in [-0.39, 0.29) is 48.2 Å². The minimum absolute atomic E-state index is 0.120. The Morgan fingerprint density at radius 2 is 1.77 bits per heavy atom. The molecule has 258 valence electrons. The smallest absolute Gasteiger partial charge is 0.253 e. The average Bonchev–Trinajstić information content (AvgIpc) is 3.67. The summed E-state index contributed by atoms with van der Waals surface area (Å²) in [4.78, 5) is 49.4.